The molecular formula is C13H16N4O2S. The molecule has 0 aliphatic heterocycles. The highest BCUT2D eigenvalue weighted by atomic mass is 32.2. The van der Waals surface area contributed by atoms with Crippen molar-refractivity contribution in [1.82, 2.24) is 14.8 Å². The summed E-state index contributed by atoms with van der Waals surface area (Å²) in [4.78, 5) is 23.1. The van der Waals surface area contributed by atoms with E-state index in [-0.39, 0.29) is 17.3 Å². The van der Waals surface area contributed by atoms with E-state index in [0.29, 0.717) is 5.16 Å². The standard InChI is InChI=1S/C13H16N4O2S/c1-8-4-5-10(9(2)6-8)14-11(18)7-20-13-16-15-12(19)17(13)3/h4-6H,7H2,1-3H3,(H,14,18)(H,15,19). The van der Waals surface area contributed by atoms with Gasteiger partial charge in [-0.25, -0.2) is 9.89 Å². The van der Waals surface area contributed by atoms with Gasteiger partial charge in [0.15, 0.2) is 5.16 Å². The summed E-state index contributed by atoms with van der Waals surface area (Å²) in [5.41, 5.74) is 2.69. The maximum atomic E-state index is 11.9. The molecule has 106 valence electrons. The number of thioether (sulfide) groups is 1. The predicted molar refractivity (Wildman–Crippen MR) is 79.1 cm³/mol. The Labute approximate surface area is 120 Å². The smallest absolute Gasteiger partial charge is 0.325 e. The average molecular weight is 292 g/mol. The Morgan fingerprint density at radius 2 is 2.20 bits per heavy atom. The summed E-state index contributed by atoms with van der Waals surface area (Å²) in [6.45, 7) is 3.96. The average Bonchev–Trinajstić information content (AvgIpc) is 2.71. The number of aromatic amines is 1. The number of aromatic nitrogens is 3. The quantitative estimate of drug-likeness (QED) is 0.836. The van der Waals surface area contributed by atoms with E-state index in [2.05, 4.69) is 15.5 Å². The number of amides is 1. The van der Waals surface area contributed by atoms with Crippen LogP contribution in [0, 0.1) is 13.8 Å². The molecule has 0 saturated carbocycles. The molecule has 0 unspecified atom stereocenters. The number of rotatable bonds is 4. The molecule has 2 N–H and O–H groups in total. The van der Waals surface area contributed by atoms with E-state index in [1.807, 2.05) is 32.0 Å². The van der Waals surface area contributed by atoms with Crippen molar-refractivity contribution in [3.63, 3.8) is 0 Å². The number of hydrogen-bond donors (Lipinski definition) is 2. The Morgan fingerprint density at radius 1 is 1.45 bits per heavy atom. The van der Waals surface area contributed by atoms with Gasteiger partial charge >= 0.3 is 5.69 Å². The first-order valence-corrected chi connectivity index (χ1v) is 7.07. The maximum absolute atomic E-state index is 11.9. The molecule has 6 nitrogen and oxygen atoms in total. The molecule has 0 fully saturated rings. The van der Waals surface area contributed by atoms with Crippen molar-refractivity contribution in [3.05, 3.63) is 39.8 Å². The van der Waals surface area contributed by atoms with Crippen LogP contribution in [0.25, 0.3) is 0 Å². The highest BCUT2D eigenvalue weighted by molar-refractivity contribution is 7.99. The normalized spacial score (nSPS) is 10.6. The molecule has 1 amide bonds. The van der Waals surface area contributed by atoms with Gasteiger partial charge in [0.1, 0.15) is 0 Å². The first-order chi connectivity index (χ1) is 9.47. The van der Waals surface area contributed by atoms with Crippen LogP contribution in [0.5, 0.6) is 0 Å². The number of H-pyrrole nitrogens is 1. The van der Waals surface area contributed by atoms with Crippen LogP contribution in [0.2, 0.25) is 0 Å². The zero-order chi connectivity index (χ0) is 14.7. The molecule has 20 heavy (non-hydrogen) atoms. The molecule has 1 aromatic heterocycles. The van der Waals surface area contributed by atoms with Gasteiger partial charge in [0.05, 0.1) is 5.75 Å². The van der Waals surface area contributed by atoms with Gasteiger partial charge in [-0.15, -0.1) is 5.10 Å². The van der Waals surface area contributed by atoms with Gasteiger partial charge in [0, 0.05) is 12.7 Å². The fourth-order valence-corrected chi connectivity index (χ4v) is 2.45. The van der Waals surface area contributed by atoms with E-state index >= 15 is 0 Å². The Balaban J connectivity index is 1.96. The fourth-order valence-electron chi connectivity index (χ4n) is 1.73. The molecule has 1 aromatic carbocycles. The third kappa shape index (κ3) is 3.30. The summed E-state index contributed by atoms with van der Waals surface area (Å²) in [6.07, 6.45) is 0. The first-order valence-electron chi connectivity index (χ1n) is 6.08. The lowest BCUT2D eigenvalue weighted by Gasteiger charge is -2.08. The van der Waals surface area contributed by atoms with Gasteiger partial charge in [-0.05, 0) is 25.5 Å². The number of hydrogen-bond acceptors (Lipinski definition) is 4. The summed E-state index contributed by atoms with van der Waals surface area (Å²) < 4.78 is 1.37. The van der Waals surface area contributed by atoms with Crippen molar-refractivity contribution in [2.45, 2.75) is 19.0 Å². The highest BCUT2D eigenvalue weighted by Crippen LogP contribution is 2.17. The van der Waals surface area contributed by atoms with Crippen molar-refractivity contribution < 1.29 is 4.79 Å². The lowest BCUT2D eigenvalue weighted by Crippen LogP contribution is -2.16. The van der Waals surface area contributed by atoms with Gasteiger partial charge in [0.25, 0.3) is 0 Å². The molecule has 0 bridgehead atoms. The molecule has 0 spiro atoms. The monoisotopic (exact) mass is 292 g/mol. The van der Waals surface area contributed by atoms with Crippen LogP contribution in [-0.4, -0.2) is 26.4 Å². The van der Waals surface area contributed by atoms with E-state index in [9.17, 15) is 9.59 Å². The number of nitrogens with one attached hydrogen (secondary N) is 2. The second-order valence-corrected chi connectivity index (χ2v) is 5.47. The largest absolute Gasteiger partial charge is 0.343 e. The molecule has 0 radical (unpaired) electrons. The summed E-state index contributed by atoms with van der Waals surface area (Å²) in [7, 11) is 1.61. The fraction of sp³-hybridized carbons (Fsp3) is 0.308. The van der Waals surface area contributed by atoms with Crippen LogP contribution in [-0.2, 0) is 11.8 Å². The molecule has 2 aromatic rings. The second-order valence-electron chi connectivity index (χ2n) is 4.53. The van der Waals surface area contributed by atoms with E-state index in [1.54, 1.807) is 7.05 Å². The van der Waals surface area contributed by atoms with Gasteiger partial charge in [-0.1, -0.05) is 29.5 Å². The minimum atomic E-state index is -0.290. The number of carbonyl (C=O) groups is 1. The highest BCUT2D eigenvalue weighted by Gasteiger charge is 2.09. The number of aryl methyl sites for hydroxylation is 2. The van der Waals surface area contributed by atoms with Crippen LogP contribution < -0.4 is 11.0 Å². The number of anilines is 1. The van der Waals surface area contributed by atoms with E-state index < -0.39 is 0 Å². The molecular weight excluding hydrogens is 276 g/mol. The molecule has 2 rings (SSSR count). The molecule has 0 aliphatic rings. The van der Waals surface area contributed by atoms with E-state index in [4.69, 9.17) is 0 Å². The Hall–Kier alpha value is -2.02. The van der Waals surface area contributed by atoms with Crippen molar-refractivity contribution in [3.8, 4) is 0 Å². The summed E-state index contributed by atoms with van der Waals surface area (Å²) in [6, 6.07) is 5.85. The number of carbonyl (C=O) groups excluding carboxylic acids is 1. The third-order valence-corrected chi connectivity index (χ3v) is 3.86. The van der Waals surface area contributed by atoms with E-state index in [0.717, 1.165) is 16.8 Å². The molecule has 7 heteroatoms. The lowest BCUT2D eigenvalue weighted by atomic mass is 10.1. The van der Waals surface area contributed by atoms with Gasteiger partial charge in [0.2, 0.25) is 5.91 Å². The van der Waals surface area contributed by atoms with Crippen LogP contribution >= 0.6 is 11.8 Å². The minimum absolute atomic E-state index is 0.127. The van der Waals surface area contributed by atoms with Gasteiger partial charge < -0.3 is 5.32 Å². The zero-order valence-corrected chi connectivity index (χ0v) is 12.4. The predicted octanol–water partition coefficient (Wildman–Crippen LogP) is 1.46. The minimum Gasteiger partial charge on any atom is -0.325 e. The lowest BCUT2D eigenvalue weighted by molar-refractivity contribution is -0.113. The molecule has 0 atom stereocenters. The summed E-state index contributed by atoms with van der Waals surface area (Å²) in [5, 5.41) is 9.50. The summed E-state index contributed by atoms with van der Waals surface area (Å²) in [5.74, 6) is 0.0724. The Morgan fingerprint density at radius 3 is 2.80 bits per heavy atom. The van der Waals surface area contributed by atoms with Crippen molar-refractivity contribution in [1.29, 1.82) is 0 Å². The van der Waals surface area contributed by atoms with Crippen molar-refractivity contribution >= 4 is 23.4 Å². The SMILES string of the molecule is Cc1ccc(NC(=O)CSc2n[nH]c(=O)n2C)c(C)c1. The summed E-state index contributed by atoms with van der Waals surface area (Å²) >= 11 is 1.21. The molecule has 0 aliphatic carbocycles. The second kappa shape index (κ2) is 5.96. The number of nitrogens with zero attached hydrogens (tertiary/aromatic N) is 2. The first kappa shape index (κ1) is 14.4. The third-order valence-electron chi connectivity index (χ3n) is 2.83. The van der Waals surface area contributed by atoms with Gasteiger partial charge in [-0.3, -0.25) is 9.36 Å². The van der Waals surface area contributed by atoms with Crippen molar-refractivity contribution in [2.75, 3.05) is 11.1 Å². The van der Waals surface area contributed by atoms with Crippen LogP contribution in [0.15, 0.2) is 28.2 Å². The van der Waals surface area contributed by atoms with E-state index in [1.165, 1.54) is 16.3 Å². The van der Waals surface area contributed by atoms with Gasteiger partial charge in [-0.2, -0.15) is 0 Å². The topological polar surface area (TPSA) is 79.8 Å². The molecule has 0 saturated heterocycles. The van der Waals surface area contributed by atoms with Crippen LogP contribution in [0.1, 0.15) is 11.1 Å². The van der Waals surface area contributed by atoms with Crippen LogP contribution in [0.3, 0.4) is 0 Å². The molecule has 1 heterocycles. The van der Waals surface area contributed by atoms with Crippen molar-refractivity contribution in [2.24, 2.45) is 7.05 Å². The zero-order valence-electron chi connectivity index (χ0n) is 11.6. The Kier molecular flexibility index (Phi) is 4.29. The Bertz CT molecular complexity index is 690. The number of benzene rings is 1. The maximum Gasteiger partial charge on any atom is 0.343 e. The van der Waals surface area contributed by atoms with Crippen LogP contribution in [0.4, 0.5) is 5.69 Å².